The van der Waals surface area contributed by atoms with E-state index in [1.54, 1.807) is 6.08 Å². The standard InChI is InChI=1S/C8H13F/c1-2-3-4-5-6-7-8-9/h4-7H,2-3,8H2,1H3/b5-4-,7-6-. The largest absolute Gasteiger partial charge is 0.247 e. The highest BCUT2D eigenvalue weighted by molar-refractivity contribution is 5.01. The molecule has 0 rings (SSSR count). The topological polar surface area (TPSA) is 0 Å². The lowest BCUT2D eigenvalue weighted by Gasteiger charge is -1.79. The van der Waals surface area contributed by atoms with Crippen LogP contribution < -0.4 is 0 Å². The summed E-state index contributed by atoms with van der Waals surface area (Å²) >= 11 is 0. The summed E-state index contributed by atoms with van der Waals surface area (Å²) in [4.78, 5) is 0. The molecule has 0 aliphatic rings. The van der Waals surface area contributed by atoms with E-state index in [0.717, 1.165) is 12.8 Å². The molecule has 1 heteroatoms. The fraction of sp³-hybridized carbons (Fsp3) is 0.500. The van der Waals surface area contributed by atoms with Crippen molar-refractivity contribution in [1.29, 1.82) is 0 Å². The highest BCUT2D eigenvalue weighted by Gasteiger charge is 1.69. The van der Waals surface area contributed by atoms with Crippen LogP contribution in [0.4, 0.5) is 4.39 Å². The van der Waals surface area contributed by atoms with E-state index < -0.39 is 0 Å². The fourth-order valence-electron chi connectivity index (χ4n) is 0.471. The van der Waals surface area contributed by atoms with E-state index in [1.165, 1.54) is 6.08 Å². The summed E-state index contributed by atoms with van der Waals surface area (Å²) in [5.74, 6) is 0. The number of rotatable bonds is 4. The van der Waals surface area contributed by atoms with E-state index >= 15 is 0 Å². The van der Waals surface area contributed by atoms with Gasteiger partial charge in [0.2, 0.25) is 0 Å². The molecule has 0 saturated heterocycles. The van der Waals surface area contributed by atoms with Crippen molar-refractivity contribution >= 4 is 0 Å². The fourth-order valence-corrected chi connectivity index (χ4v) is 0.471. The maximum Gasteiger partial charge on any atom is 0.108 e. The smallest absolute Gasteiger partial charge is 0.108 e. The van der Waals surface area contributed by atoms with Gasteiger partial charge in [-0.3, -0.25) is 0 Å². The molecule has 0 nitrogen and oxygen atoms in total. The number of halogens is 1. The molecule has 9 heavy (non-hydrogen) atoms. The van der Waals surface area contributed by atoms with Crippen molar-refractivity contribution in [3.63, 3.8) is 0 Å². The van der Waals surface area contributed by atoms with E-state index in [0.29, 0.717) is 0 Å². The van der Waals surface area contributed by atoms with Crippen molar-refractivity contribution in [2.45, 2.75) is 19.8 Å². The summed E-state index contributed by atoms with van der Waals surface area (Å²) in [6, 6.07) is 0. The number of alkyl halides is 1. The minimum Gasteiger partial charge on any atom is -0.247 e. The Labute approximate surface area is 56.1 Å². The predicted molar refractivity (Wildman–Crippen MR) is 39.2 cm³/mol. The van der Waals surface area contributed by atoms with Crippen LogP contribution in [0.2, 0.25) is 0 Å². The first-order chi connectivity index (χ1) is 4.41. The first-order valence-corrected chi connectivity index (χ1v) is 3.29. The molecule has 0 aromatic carbocycles. The van der Waals surface area contributed by atoms with Crippen LogP contribution in [0.3, 0.4) is 0 Å². The number of unbranched alkanes of at least 4 members (excludes halogenated alkanes) is 1. The summed E-state index contributed by atoms with van der Waals surface area (Å²) in [5.41, 5.74) is 0. The lowest BCUT2D eigenvalue weighted by atomic mass is 10.3. The van der Waals surface area contributed by atoms with Gasteiger partial charge < -0.3 is 0 Å². The summed E-state index contributed by atoms with van der Waals surface area (Å²) in [6.07, 6.45) is 9.37. The maximum absolute atomic E-state index is 11.4. The lowest BCUT2D eigenvalue weighted by molar-refractivity contribution is 0.562. The van der Waals surface area contributed by atoms with Crippen molar-refractivity contribution < 1.29 is 4.39 Å². The lowest BCUT2D eigenvalue weighted by Crippen LogP contribution is -1.61. The molecule has 0 aromatic heterocycles. The van der Waals surface area contributed by atoms with Crippen LogP contribution in [-0.4, -0.2) is 6.67 Å². The molecule has 0 fully saturated rings. The van der Waals surface area contributed by atoms with Crippen LogP contribution in [0.1, 0.15) is 19.8 Å². The van der Waals surface area contributed by atoms with E-state index in [2.05, 4.69) is 6.92 Å². The normalized spacial score (nSPS) is 11.8. The van der Waals surface area contributed by atoms with Crippen molar-refractivity contribution in [1.82, 2.24) is 0 Å². The molecule has 0 unspecified atom stereocenters. The second-order valence-corrected chi connectivity index (χ2v) is 1.80. The zero-order valence-corrected chi connectivity index (χ0v) is 5.81. The van der Waals surface area contributed by atoms with Gasteiger partial charge in [0.1, 0.15) is 6.67 Å². The highest BCUT2D eigenvalue weighted by Crippen LogP contribution is 1.88. The van der Waals surface area contributed by atoms with Gasteiger partial charge in [-0.25, -0.2) is 4.39 Å². The van der Waals surface area contributed by atoms with Gasteiger partial charge in [0.15, 0.2) is 0 Å². The number of hydrogen-bond donors (Lipinski definition) is 0. The van der Waals surface area contributed by atoms with Gasteiger partial charge in [-0.05, 0) is 6.42 Å². The van der Waals surface area contributed by atoms with Crippen LogP contribution in [-0.2, 0) is 0 Å². The molecule has 0 spiro atoms. The van der Waals surface area contributed by atoms with Gasteiger partial charge in [0.25, 0.3) is 0 Å². The molecular formula is C8H13F. The molecule has 0 radical (unpaired) electrons. The SMILES string of the molecule is CCC/C=C\C=C/CF. The zero-order valence-electron chi connectivity index (χ0n) is 5.81. The zero-order chi connectivity index (χ0) is 6.95. The minimum atomic E-state index is -0.365. The van der Waals surface area contributed by atoms with Crippen molar-refractivity contribution in [2.24, 2.45) is 0 Å². The molecular weight excluding hydrogens is 115 g/mol. The van der Waals surface area contributed by atoms with Crippen molar-refractivity contribution in [3.05, 3.63) is 24.3 Å². The Balaban J connectivity index is 3.13. The van der Waals surface area contributed by atoms with Crippen LogP contribution in [0, 0.1) is 0 Å². The summed E-state index contributed by atoms with van der Waals surface area (Å²) in [6.45, 7) is 1.75. The second-order valence-electron chi connectivity index (χ2n) is 1.80. The molecule has 0 atom stereocenters. The molecule has 0 aliphatic heterocycles. The Morgan fingerprint density at radius 2 is 1.89 bits per heavy atom. The molecule has 0 N–H and O–H groups in total. The Hall–Kier alpha value is -0.590. The monoisotopic (exact) mass is 128 g/mol. The third-order valence-electron chi connectivity index (χ3n) is 0.928. The van der Waals surface area contributed by atoms with Crippen molar-refractivity contribution in [3.8, 4) is 0 Å². The molecule has 0 amide bonds. The Kier molecular flexibility index (Phi) is 6.92. The summed E-state index contributed by atoms with van der Waals surface area (Å²) in [5, 5.41) is 0. The summed E-state index contributed by atoms with van der Waals surface area (Å²) < 4.78 is 11.4. The van der Waals surface area contributed by atoms with Gasteiger partial charge >= 0.3 is 0 Å². The Bertz CT molecular complexity index is 92.7. The van der Waals surface area contributed by atoms with Crippen LogP contribution in [0.15, 0.2) is 24.3 Å². The van der Waals surface area contributed by atoms with Gasteiger partial charge in [-0.15, -0.1) is 0 Å². The van der Waals surface area contributed by atoms with E-state index in [4.69, 9.17) is 0 Å². The Morgan fingerprint density at radius 1 is 1.22 bits per heavy atom. The third-order valence-corrected chi connectivity index (χ3v) is 0.928. The first-order valence-electron chi connectivity index (χ1n) is 3.29. The van der Waals surface area contributed by atoms with E-state index in [-0.39, 0.29) is 6.67 Å². The van der Waals surface area contributed by atoms with Gasteiger partial charge in [0.05, 0.1) is 0 Å². The highest BCUT2D eigenvalue weighted by atomic mass is 19.1. The van der Waals surface area contributed by atoms with E-state index in [9.17, 15) is 4.39 Å². The third kappa shape index (κ3) is 7.41. The molecule has 0 heterocycles. The molecule has 0 aliphatic carbocycles. The predicted octanol–water partition coefficient (Wildman–Crippen LogP) is 2.87. The molecule has 0 aromatic rings. The molecule has 0 bridgehead atoms. The summed E-state index contributed by atoms with van der Waals surface area (Å²) in [7, 11) is 0. The van der Waals surface area contributed by atoms with Crippen LogP contribution in [0.25, 0.3) is 0 Å². The van der Waals surface area contributed by atoms with Crippen molar-refractivity contribution in [2.75, 3.05) is 6.67 Å². The molecule has 0 saturated carbocycles. The minimum absolute atomic E-state index is 0.365. The van der Waals surface area contributed by atoms with Crippen LogP contribution >= 0.6 is 0 Å². The maximum atomic E-state index is 11.4. The average Bonchev–Trinajstić information content (AvgIpc) is 1.89. The van der Waals surface area contributed by atoms with Gasteiger partial charge in [-0.2, -0.15) is 0 Å². The van der Waals surface area contributed by atoms with Crippen LogP contribution in [0.5, 0.6) is 0 Å². The van der Waals surface area contributed by atoms with E-state index in [1.807, 2.05) is 12.2 Å². The Morgan fingerprint density at radius 3 is 2.44 bits per heavy atom. The average molecular weight is 128 g/mol. The van der Waals surface area contributed by atoms with Gasteiger partial charge in [-0.1, -0.05) is 37.6 Å². The van der Waals surface area contributed by atoms with Gasteiger partial charge in [0, 0.05) is 0 Å². The number of allylic oxidation sites excluding steroid dienone is 4. The second kappa shape index (κ2) is 7.41. The quantitative estimate of drug-likeness (QED) is 0.511. The first kappa shape index (κ1) is 8.41. The number of hydrogen-bond acceptors (Lipinski definition) is 0. The molecule has 52 valence electrons.